The van der Waals surface area contributed by atoms with Gasteiger partial charge in [0.1, 0.15) is 0 Å². The highest BCUT2D eigenvalue weighted by Crippen LogP contribution is 2.29. The number of nitrogens with one attached hydrogen (secondary N) is 1. The highest BCUT2D eigenvalue weighted by Gasteiger charge is 2.15. The van der Waals surface area contributed by atoms with Crippen LogP contribution in [-0.2, 0) is 0 Å². The van der Waals surface area contributed by atoms with E-state index < -0.39 is 0 Å². The van der Waals surface area contributed by atoms with Gasteiger partial charge in [0, 0.05) is 35.1 Å². The Labute approximate surface area is 106 Å². The number of hydrogen-bond acceptors (Lipinski definition) is 1. The lowest BCUT2D eigenvalue weighted by atomic mass is 10.0. The third-order valence-corrected chi connectivity index (χ3v) is 3.25. The molecular weight excluding hydrogens is 222 g/mol. The van der Waals surface area contributed by atoms with E-state index in [4.69, 9.17) is 0 Å². The minimum Gasteiger partial charge on any atom is -0.361 e. The van der Waals surface area contributed by atoms with Gasteiger partial charge in [0.25, 0.3) is 0 Å². The Morgan fingerprint density at radius 1 is 1.39 bits per heavy atom. The minimum atomic E-state index is 0.251. The van der Waals surface area contributed by atoms with Gasteiger partial charge in [-0.3, -0.25) is 0 Å². The number of para-hydroxylation sites is 1. The topological polar surface area (TPSA) is 33.6 Å². The van der Waals surface area contributed by atoms with Gasteiger partial charge < -0.3 is 9.55 Å². The van der Waals surface area contributed by atoms with E-state index in [1.165, 1.54) is 16.5 Å². The summed E-state index contributed by atoms with van der Waals surface area (Å²) in [7, 11) is 0. The number of hydrogen-bond donors (Lipinski definition) is 1. The molecule has 3 heteroatoms. The lowest BCUT2D eigenvalue weighted by molar-refractivity contribution is 0.596. The predicted molar refractivity (Wildman–Crippen MR) is 73.5 cm³/mol. The number of rotatable bonds is 4. The molecule has 1 atom stereocenters. The molecule has 0 saturated heterocycles. The lowest BCUT2D eigenvalue weighted by Gasteiger charge is -2.16. The molecule has 0 aliphatic rings. The quantitative estimate of drug-likeness (QED) is 0.692. The van der Waals surface area contributed by atoms with Crippen LogP contribution in [0, 0.1) is 0 Å². The van der Waals surface area contributed by atoms with E-state index in [2.05, 4.69) is 45.5 Å². The summed E-state index contributed by atoms with van der Waals surface area (Å²) in [6.45, 7) is 3.86. The second kappa shape index (κ2) is 4.53. The fraction of sp³-hybridized carbons (Fsp3) is 0.133. The number of H-pyrrole nitrogens is 1. The van der Waals surface area contributed by atoms with Crippen molar-refractivity contribution >= 4 is 10.9 Å². The van der Waals surface area contributed by atoms with Crippen molar-refractivity contribution in [2.45, 2.75) is 12.5 Å². The Balaban J connectivity index is 2.12. The molecule has 1 aromatic carbocycles. The van der Waals surface area contributed by atoms with Crippen LogP contribution >= 0.6 is 0 Å². The van der Waals surface area contributed by atoms with Gasteiger partial charge >= 0.3 is 0 Å². The molecule has 0 saturated carbocycles. The lowest BCUT2D eigenvalue weighted by Crippen LogP contribution is -2.07. The average molecular weight is 237 g/mol. The maximum absolute atomic E-state index is 4.13. The van der Waals surface area contributed by atoms with Crippen molar-refractivity contribution in [3.05, 3.63) is 67.4 Å². The van der Waals surface area contributed by atoms with Gasteiger partial charge in [-0.1, -0.05) is 24.3 Å². The molecule has 0 bridgehead atoms. The van der Waals surface area contributed by atoms with Crippen LogP contribution < -0.4 is 0 Å². The molecule has 0 amide bonds. The smallest absolute Gasteiger partial charge is 0.0951 e. The Bertz CT molecular complexity index is 649. The molecule has 2 aromatic heterocycles. The molecule has 0 fully saturated rings. The molecule has 3 aromatic rings. The summed E-state index contributed by atoms with van der Waals surface area (Å²) >= 11 is 0. The molecule has 1 N–H and O–H groups in total. The normalized spacial score (nSPS) is 12.7. The second-order valence-corrected chi connectivity index (χ2v) is 4.34. The van der Waals surface area contributed by atoms with Crippen LogP contribution in [0.15, 0.2) is 61.8 Å². The zero-order chi connectivity index (χ0) is 12.4. The Morgan fingerprint density at radius 2 is 2.28 bits per heavy atom. The van der Waals surface area contributed by atoms with Crippen molar-refractivity contribution in [1.29, 1.82) is 0 Å². The molecule has 0 radical (unpaired) electrons. The summed E-state index contributed by atoms with van der Waals surface area (Å²) in [5, 5.41) is 1.26. The van der Waals surface area contributed by atoms with Crippen molar-refractivity contribution in [2.24, 2.45) is 0 Å². The maximum atomic E-state index is 4.13. The summed E-state index contributed by atoms with van der Waals surface area (Å²) in [5.74, 6) is 0. The first-order valence-electron chi connectivity index (χ1n) is 6.04. The summed E-state index contributed by atoms with van der Waals surface area (Å²) in [6.07, 6.45) is 10.6. The number of benzene rings is 1. The number of allylic oxidation sites excluding steroid dienone is 1. The minimum absolute atomic E-state index is 0.251. The van der Waals surface area contributed by atoms with E-state index in [1.54, 1.807) is 0 Å². The van der Waals surface area contributed by atoms with Crippen LogP contribution in [0.1, 0.15) is 18.0 Å². The number of aromatic nitrogens is 3. The zero-order valence-electron chi connectivity index (χ0n) is 10.1. The fourth-order valence-corrected chi connectivity index (χ4v) is 2.39. The molecule has 2 heterocycles. The van der Waals surface area contributed by atoms with Crippen LogP contribution in [-0.4, -0.2) is 14.5 Å². The van der Waals surface area contributed by atoms with Crippen LogP contribution in [0.5, 0.6) is 0 Å². The number of imidazole rings is 1. The van der Waals surface area contributed by atoms with Gasteiger partial charge in [0.05, 0.1) is 12.4 Å². The maximum Gasteiger partial charge on any atom is 0.0951 e. The molecule has 90 valence electrons. The highest BCUT2D eigenvalue weighted by atomic mass is 15.1. The van der Waals surface area contributed by atoms with Crippen LogP contribution in [0.4, 0.5) is 0 Å². The first-order valence-corrected chi connectivity index (χ1v) is 6.04. The van der Waals surface area contributed by atoms with Gasteiger partial charge in [-0.05, 0) is 12.5 Å². The molecule has 0 aliphatic carbocycles. The molecule has 3 rings (SSSR count). The summed E-state index contributed by atoms with van der Waals surface area (Å²) in [5.41, 5.74) is 2.45. The SMILES string of the molecule is C=CCC(c1c[nH]c2ccccc12)n1ccnc1. The van der Waals surface area contributed by atoms with Crippen LogP contribution in [0.2, 0.25) is 0 Å². The number of nitrogens with zero attached hydrogens (tertiary/aromatic N) is 2. The molecule has 18 heavy (non-hydrogen) atoms. The summed E-state index contributed by atoms with van der Waals surface area (Å²) < 4.78 is 2.12. The van der Waals surface area contributed by atoms with E-state index in [0.29, 0.717) is 0 Å². The van der Waals surface area contributed by atoms with Crippen molar-refractivity contribution in [3.8, 4) is 0 Å². The second-order valence-electron chi connectivity index (χ2n) is 4.34. The molecule has 3 nitrogen and oxygen atoms in total. The third-order valence-electron chi connectivity index (χ3n) is 3.25. The van der Waals surface area contributed by atoms with E-state index in [0.717, 1.165) is 6.42 Å². The molecule has 0 spiro atoms. The summed E-state index contributed by atoms with van der Waals surface area (Å²) in [4.78, 5) is 7.45. The van der Waals surface area contributed by atoms with E-state index in [9.17, 15) is 0 Å². The van der Waals surface area contributed by atoms with Crippen LogP contribution in [0.3, 0.4) is 0 Å². The number of fused-ring (bicyclic) bond motifs is 1. The zero-order valence-corrected chi connectivity index (χ0v) is 10.1. The predicted octanol–water partition coefficient (Wildman–Crippen LogP) is 3.53. The van der Waals surface area contributed by atoms with Crippen molar-refractivity contribution in [1.82, 2.24) is 14.5 Å². The monoisotopic (exact) mass is 237 g/mol. The Morgan fingerprint density at radius 3 is 3.06 bits per heavy atom. The Hall–Kier alpha value is -2.29. The van der Waals surface area contributed by atoms with E-state index >= 15 is 0 Å². The average Bonchev–Trinajstić information content (AvgIpc) is 3.06. The molecule has 1 unspecified atom stereocenters. The van der Waals surface area contributed by atoms with Crippen molar-refractivity contribution < 1.29 is 0 Å². The standard InChI is InChI=1S/C15H15N3/c1-2-5-15(18-9-8-16-11-18)13-10-17-14-7-4-3-6-12(13)14/h2-4,6-11,15,17H,1,5H2. The summed E-state index contributed by atoms with van der Waals surface area (Å²) in [6, 6.07) is 8.61. The Kier molecular flexibility index (Phi) is 2.73. The van der Waals surface area contributed by atoms with E-state index in [-0.39, 0.29) is 6.04 Å². The fourth-order valence-electron chi connectivity index (χ4n) is 2.39. The van der Waals surface area contributed by atoms with Crippen molar-refractivity contribution in [2.75, 3.05) is 0 Å². The molecular formula is C15H15N3. The van der Waals surface area contributed by atoms with Crippen LogP contribution in [0.25, 0.3) is 10.9 Å². The van der Waals surface area contributed by atoms with Crippen molar-refractivity contribution in [3.63, 3.8) is 0 Å². The molecule has 0 aliphatic heterocycles. The highest BCUT2D eigenvalue weighted by molar-refractivity contribution is 5.83. The van der Waals surface area contributed by atoms with E-state index in [1.807, 2.05) is 30.9 Å². The largest absolute Gasteiger partial charge is 0.361 e. The van der Waals surface area contributed by atoms with Gasteiger partial charge in [0.15, 0.2) is 0 Å². The van der Waals surface area contributed by atoms with Gasteiger partial charge in [-0.2, -0.15) is 0 Å². The van der Waals surface area contributed by atoms with Gasteiger partial charge in [-0.25, -0.2) is 4.98 Å². The van der Waals surface area contributed by atoms with Gasteiger partial charge in [-0.15, -0.1) is 6.58 Å². The van der Waals surface area contributed by atoms with Gasteiger partial charge in [0.2, 0.25) is 0 Å². The first kappa shape index (κ1) is 10.8. The third kappa shape index (κ3) is 1.74. The first-order chi connectivity index (χ1) is 8.90. The number of aromatic amines is 1.